The highest BCUT2D eigenvalue weighted by molar-refractivity contribution is 6.30. The molecule has 0 fully saturated rings. The third kappa shape index (κ3) is 1.43. The number of halogens is 1. The molecular formula is C7H8ClNO3. The van der Waals surface area contributed by atoms with Gasteiger partial charge >= 0.3 is 5.97 Å². The topological polar surface area (TPSA) is 63.3 Å². The Morgan fingerprint density at radius 3 is 2.58 bits per heavy atom. The van der Waals surface area contributed by atoms with Gasteiger partial charge in [-0.15, -0.1) is 0 Å². The summed E-state index contributed by atoms with van der Waals surface area (Å²) >= 11 is 5.62. The van der Waals surface area contributed by atoms with Crippen LogP contribution in [-0.4, -0.2) is 16.2 Å². The molecule has 1 N–H and O–H groups in total. The van der Waals surface area contributed by atoms with E-state index >= 15 is 0 Å². The zero-order valence-corrected chi connectivity index (χ0v) is 7.42. The molecule has 5 heteroatoms. The molecule has 0 spiro atoms. The lowest BCUT2D eigenvalue weighted by molar-refractivity contribution is 0.0650. The Morgan fingerprint density at radius 1 is 1.67 bits per heavy atom. The first-order chi connectivity index (χ1) is 5.54. The van der Waals surface area contributed by atoms with Gasteiger partial charge in [0.05, 0.1) is 0 Å². The smallest absolute Gasteiger partial charge is 0.375 e. The Kier molecular flexibility index (Phi) is 2.38. The number of hydrogen-bond donors (Lipinski definition) is 1. The molecule has 66 valence electrons. The maximum absolute atomic E-state index is 10.5. The molecule has 0 aliphatic heterocycles. The zero-order valence-electron chi connectivity index (χ0n) is 6.67. The largest absolute Gasteiger partial charge is 0.475 e. The summed E-state index contributed by atoms with van der Waals surface area (Å²) in [5, 5.41) is 12.1. The molecule has 1 rings (SSSR count). The van der Waals surface area contributed by atoms with Crippen LogP contribution in [0.2, 0.25) is 5.15 Å². The molecule has 0 radical (unpaired) electrons. The molecule has 0 aliphatic rings. The maximum atomic E-state index is 10.5. The van der Waals surface area contributed by atoms with Crippen molar-refractivity contribution in [3.8, 4) is 0 Å². The number of carboxylic acid groups (broad SMARTS) is 1. The van der Waals surface area contributed by atoms with E-state index in [0.29, 0.717) is 5.56 Å². The molecule has 0 aromatic carbocycles. The van der Waals surface area contributed by atoms with Gasteiger partial charge in [0.15, 0.2) is 5.15 Å². The average molecular weight is 190 g/mol. The molecule has 0 bridgehead atoms. The molecule has 4 nitrogen and oxygen atoms in total. The van der Waals surface area contributed by atoms with Gasteiger partial charge in [-0.05, 0) is 5.92 Å². The minimum Gasteiger partial charge on any atom is -0.475 e. The van der Waals surface area contributed by atoms with Crippen LogP contribution >= 0.6 is 11.6 Å². The van der Waals surface area contributed by atoms with Gasteiger partial charge in [0.25, 0.3) is 0 Å². The monoisotopic (exact) mass is 189 g/mol. The third-order valence-corrected chi connectivity index (χ3v) is 1.73. The highest BCUT2D eigenvalue weighted by Gasteiger charge is 2.22. The number of aromatic carboxylic acids is 1. The van der Waals surface area contributed by atoms with Crippen molar-refractivity contribution >= 4 is 17.6 Å². The fourth-order valence-corrected chi connectivity index (χ4v) is 1.27. The normalized spacial score (nSPS) is 10.7. The van der Waals surface area contributed by atoms with Gasteiger partial charge in [-0.2, -0.15) is 0 Å². The van der Waals surface area contributed by atoms with Crippen molar-refractivity contribution in [2.24, 2.45) is 0 Å². The van der Waals surface area contributed by atoms with Crippen molar-refractivity contribution in [3.05, 3.63) is 16.5 Å². The van der Waals surface area contributed by atoms with E-state index in [2.05, 4.69) is 9.68 Å². The maximum Gasteiger partial charge on any atom is 0.375 e. The first-order valence-corrected chi connectivity index (χ1v) is 3.80. The van der Waals surface area contributed by atoms with Crippen LogP contribution in [0.15, 0.2) is 4.52 Å². The number of carbonyl (C=O) groups is 1. The lowest BCUT2D eigenvalue weighted by atomic mass is 10.1. The van der Waals surface area contributed by atoms with E-state index in [1.54, 1.807) is 0 Å². The van der Waals surface area contributed by atoms with Crippen LogP contribution in [-0.2, 0) is 0 Å². The summed E-state index contributed by atoms with van der Waals surface area (Å²) in [5.41, 5.74) is 0.448. The van der Waals surface area contributed by atoms with E-state index in [0.717, 1.165) is 0 Å². The molecule has 12 heavy (non-hydrogen) atoms. The van der Waals surface area contributed by atoms with Crippen molar-refractivity contribution in [1.82, 2.24) is 5.16 Å². The summed E-state index contributed by atoms with van der Waals surface area (Å²) in [5.74, 6) is -1.32. The highest BCUT2D eigenvalue weighted by Crippen LogP contribution is 2.26. The minimum atomic E-state index is -1.14. The van der Waals surface area contributed by atoms with Crippen molar-refractivity contribution in [2.75, 3.05) is 0 Å². The van der Waals surface area contributed by atoms with Crippen LogP contribution in [0.3, 0.4) is 0 Å². The summed E-state index contributed by atoms with van der Waals surface area (Å²) in [4.78, 5) is 10.5. The summed E-state index contributed by atoms with van der Waals surface area (Å²) in [6.07, 6.45) is 0. The molecule has 0 saturated heterocycles. The highest BCUT2D eigenvalue weighted by atomic mass is 35.5. The average Bonchev–Trinajstić information content (AvgIpc) is 2.30. The van der Waals surface area contributed by atoms with Crippen LogP contribution in [0.1, 0.15) is 35.9 Å². The van der Waals surface area contributed by atoms with Gasteiger partial charge in [0, 0.05) is 5.56 Å². The summed E-state index contributed by atoms with van der Waals surface area (Å²) in [6, 6.07) is 0. The van der Waals surface area contributed by atoms with Crippen molar-refractivity contribution < 1.29 is 14.4 Å². The van der Waals surface area contributed by atoms with Crippen LogP contribution in [0.4, 0.5) is 0 Å². The molecule has 0 amide bonds. The lowest BCUT2D eigenvalue weighted by Gasteiger charge is -2.00. The molecule has 1 aromatic rings. The van der Waals surface area contributed by atoms with Gasteiger partial charge in [0.2, 0.25) is 5.76 Å². The van der Waals surface area contributed by atoms with Gasteiger partial charge in [0.1, 0.15) is 0 Å². The lowest BCUT2D eigenvalue weighted by Crippen LogP contribution is -2.00. The molecule has 0 aliphatic carbocycles. The standard InChI is InChI=1S/C7H8ClNO3/c1-3(2)4-5(7(10)11)12-9-6(4)8/h3H,1-2H3,(H,10,11). The van der Waals surface area contributed by atoms with E-state index in [-0.39, 0.29) is 16.8 Å². The first-order valence-electron chi connectivity index (χ1n) is 3.42. The Balaban J connectivity index is 3.21. The van der Waals surface area contributed by atoms with E-state index in [1.165, 1.54) is 0 Å². The Hall–Kier alpha value is -1.03. The van der Waals surface area contributed by atoms with Gasteiger partial charge in [-0.1, -0.05) is 30.6 Å². The second kappa shape index (κ2) is 3.15. The molecule has 0 saturated carbocycles. The van der Waals surface area contributed by atoms with Gasteiger partial charge in [-0.3, -0.25) is 0 Å². The number of hydrogen-bond acceptors (Lipinski definition) is 3. The van der Waals surface area contributed by atoms with Crippen molar-refractivity contribution in [1.29, 1.82) is 0 Å². The van der Waals surface area contributed by atoms with E-state index in [4.69, 9.17) is 16.7 Å². The molecule has 0 unspecified atom stereocenters. The number of rotatable bonds is 2. The third-order valence-electron chi connectivity index (χ3n) is 1.46. The van der Waals surface area contributed by atoms with Gasteiger partial charge < -0.3 is 9.63 Å². The second-order valence-electron chi connectivity index (χ2n) is 2.68. The minimum absolute atomic E-state index is 0.00477. The van der Waals surface area contributed by atoms with E-state index in [9.17, 15) is 4.79 Å². The molecular weight excluding hydrogens is 182 g/mol. The fourth-order valence-electron chi connectivity index (χ4n) is 0.932. The predicted molar refractivity (Wildman–Crippen MR) is 42.6 cm³/mol. The van der Waals surface area contributed by atoms with Crippen molar-refractivity contribution in [3.63, 3.8) is 0 Å². The van der Waals surface area contributed by atoms with Crippen LogP contribution in [0.5, 0.6) is 0 Å². The first kappa shape index (κ1) is 9.06. The molecule has 1 aromatic heterocycles. The van der Waals surface area contributed by atoms with E-state index < -0.39 is 5.97 Å². The number of carboxylic acids is 1. The fraction of sp³-hybridized carbons (Fsp3) is 0.429. The second-order valence-corrected chi connectivity index (χ2v) is 3.03. The van der Waals surface area contributed by atoms with Crippen LogP contribution < -0.4 is 0 Å². The predicted octanol–water partition coefficient (Wildman–Crippen LogP) is 2.15. The quantitative estimate of drug-likeness (QED) is 0.774. The Labute approximate surface area is 74.1 Å². The SMILES string of the molecule is CC(C)c1c(Cl)noc1C(=O)O. The van der Waals surface area contributed by atoms with E-state index in [1.807, 2.05) is 13.8 Å². The molecule has 0 atom stereocenters. The van der Waals surface area contributed by atoms with Gasteiger partial charge in [-0.25, -0.2) is 4.79 Å². The van der Waals surface area contributed by atoms with Crippen molar-refractivity contribution in [2.45, 2.75) is 19.8 Å². The molecule has 1 heterocycles. The summed E-state index contributed by atoms with van der Waals surface area (Å²) < 4.78 is 4.54. The number of nitrogens with zero attached hydrogens (tertiary/aromatic N) is 1. The van der Waals surface area contributed by atoms with Crippen LogP contribution in [0.25, 0.3) is 0 Å². The summed E-state index contributed by atoms with van der Waals surface area (Å²) in [6.45, 7) is 3.65. The summed E-state index contributed by atoms with van der Waals surface area (Å²) in [7, 11) is 0. The van der Waals surface area contributed by atoms with Crippen LogP contribution in [0, 0.1) is 0 Å². The number of aromatic nitrogens is 1. The zero-order chi connectivity index (χ0) is 9.30. The Morgan fingerprint density at radius 2 is 2.25 bits per heavy atom. The Bertz CT molecular complexity index is 306.